The third-order valence-corrected chi connectivity index (χ3v) is 5.30. The zero-order valence-corrected chi connectivity index (χ0v) is 17.8. The van der Waals surface area contributed by atoms with Gasteiger partial charge in [0, 0.05) is 24.0 Å². The van der Waals surface area contributed by atoms with Gasteiger partial charge in [-0.15, -0.1) is 24.5 Å². The molecule has 30 heavy (non-hydrogen) atoms. The molecule has 0 bridgehead atoms. The molecule has 0 unspecified atom stereocenters. The van der Waals surface area contributed by atoms with E-state index < -0.39 is 0 Å². The van der Waals surface area contributed by atoms with Crippen LogP contribution in [0.2, 0.25) is 0 Å². The minimum atomic E-state index is -0.176. The maximum atomic E-state index is 12.5. The van der Waals surface area contributed by atoms with Crippen molar-refractivity contribution >= 4 is 27.5 Å². The molecule has 0 saturated heterocycles. The topological polar surface area (TPSA) is 73.8 Å². The van der Waals surface area contributed by atoms with Gasteiger partial charge in [0.15, 0.2) is 18.1 Å². The molecule has 3 aromatic rings. The minimum Gasteiger partial charge on any atom is -0.493 e. The fraction of sp³-hybridized carbons (Fsp3) is 0.227. The molecule has 7 nitrogen and oxygen atoms in total. The summed E-state index contributed by atoms with van der Waals surface area (Å²) in [5, 5.41) is 2.73. The van der Waals surface area contributed by atoms with Crippen LogP contribution >= 0.6 is 11.3 Å². The monoisotopic (exact) mass is 425 g/mol. The molecule has 0 radical (unpaired) electrons. The SMILES string of the molecule is C=CCN(CC=C)C(=O)COc1ncnc2scc(-c3ccc(OC)c(OC)c3)c12. The molecule has 0 aliphatic rings. The molecule has 0 fully saturated rings. The molecule has 0 aliphatic carbocycles. The van der Waals surface area contributed by atoms with Crippen molar-refractivity contribution < 1.29 is 19.0 Å². The zero-order chi connectivity index (χ0) is 21.5. The lowest BCUT2D eigenvalue weighted by Crippen LogP contribution is -2.35. The first-order chi connectivity index (χ1) is 14.6. The summed E-state index contributed by atoms with van der Waals surface area (Å²) in [5.41, 5.74) is 1.80. The van der Waals surface area contributed by atoms with E-state index in [1.807, 2.05) is 23.6 Å². The summed E-state index contributed by atoms with van der Waals surface area (Å²) >= 11 is 1.48. The van der Waals surface area contributed by atoms with E-state index in [0.717, 1.165) is 21.3 Å². The van der Waals surface area contributed by atoms with Gasteiger partial charge in [0.25, 0.3) is 5.91 Å². The average molecular weight is 426 g/mol. The lowest BCUT2D eigenvalue weighted by atomic mass is 10.1. The molecule has 2 aromatic heterocycles. The van der Waals surface area contributed by atoms with Gasteiger partial charge in [-0.1, -0.05) is 18.2 Å². The van der Waals surface area contributed by atoms with Crippen LogP contribution in [0.25, 0.3) is 21.3 Å². The lowest BCUT2D eigenvalue weighted by molar-refractivity contribution is -0.132. The Balaban J connectivity index is 1.92. The summed E-state index contributed by atoms with van der Waals surface area (Å²) in [4.78, 5) is 23.5. The highest BCUT2D eigenvalue weighted by Gasteiger charge is 2.18. The van der Waals surface area contributed by atoms with Crippen LogP contribution in [0.3, 0.4) is 0 Å². The fourth-order valence-electron chi connectivity index (χ4n) is 2.98. The average Bonchev–Trinajstić information content (AvgIpc) is 3.21. The first-order valence-electron chi connectivity index (χ1n) is 9.19. The number of methoxy groups -OCH3 is 2. The lowest BCUT2D eigenvalue weighted by Gasteiger charge is -2.19. The number of carbonyl (C=O) groups is 1. The molecule has 156 valence electrons. The molecular weight excluding hydrogens is 402 g/mol. The second kappa shape index (κ2) is 9.89. The Morgan fingerprint density at radius 1 is 1.13 bits per heavy atom. The molecule has 0 atom stereocenters. The Morgan fingerprint density at radius 3 is 2.53 bits per heavy atom. The van der Waals surface area contributed by atoms with Gasteiger partial charge in [-0.25, -0.2) is 9.97 Å². The molecule has 2 heterocycles. The van der Waals surface area contributed by atoms with Crippen LogP contribution in [0, 0.1) is 0 Å². The first-order valence-corrected chi connectivity index (χ1v) is 10.1. The Hall–Kier alpha value is -3.39. The van der Waals surface area contributed by atoms with Crippen molar-refractivity contribution in [1.82, 2.24) is 14.9 Å². The summed E-state index contributed by atoms with van der Waals surface area (Å²) in [6, 6.07) is 5.66. The van der Waals surface area contributed by atoms with Crippen LogP contribution in [0.5, 0.6) is 17.4 Å². The van der Waals surface area contributed by atoms with Crippen molar-refractivity contribution in [3.8, 4) is 28.5 Å². The van der Waals surface area contributed by atoms with Gasteiger partial charge in [0.1, 0.15) is 11.2 Å². The third kappa shape index (κ3) is 4.44. The summed E-state index contributed by atoms with van der Waals surface area (Å²) < 4.78 is 16.6. The number of aromatic nitrogens is 2. The number of carbonyl (C=O) groups excluding carboxylic acids is 1. The number of benzene rings is 1. The summed E-state index contributed by atoms with van der Waals surface area (Å²) in [7, 11) is 3.19. The number of fused-ring (bicyclic) bond motifs is 1. The molecule has 0 saturated carbocycles. The molecule has 0 N–H and O–H groups in total. The van der Waals surface area contributed by atoms with E-state index in [2.05, 4.69) is 23.1 Å². The van der Waals surface area contributed by atoms with Gasteiger partial charge in [-0.2, -0.15) is 0 Å². The van der Waals surface area contributed by atoms with Crippen molar-refractivity contribution in [2.45, 2.75) is 0 Å². The van der Waals surface area contributed by atoms with Gasteiger partial charge in [-0.05, 0) is 17.7 Å². The van der Waals surface area contributed by atoms with Crippen molar-refractivity contribution in [3.05, 3.63) is 55.2 Å². The maximum absolute atomic E-state index is 12.5. The van der Waals surface area contributed by atoms with E-state index in [1.54, 1.807) is 31.3 Å². The number of amides is 1. The normalized spacial score (nSPS) is 10.5. The standard InChI is InChI=1S/C22H23N3O4S/c1-5-9-25(10-6-2)19(26)12-29-21-20-16(13-30-22(20)24-14-23-21)15-7-8-17(27-3)18(11-15)28-4/h5-8,11,13-14H,1-2,9-10,12H2,3-4H3. The van der Waals surface area contributed by atoms with Crippen molar-refractivity contribution in [1.29, 1.82) is 0 Å². The number of hydrogen-bond acceptors (Lipinski definition) is 7. The van der Waals surface area contributed by atoms with E-state index in [0.29, 0.717) is 30.5 Å². The van der Waals surface area contributed by atoms with Gasteiger partial charge in [-0.3, -0.25) is 4.79 Å². The van der Waals surface area contributed by atoms with Crippen molar-refractivity contribution in [3.63, 3.8) is 0 Å². The van der Waals surface area contributed by atoms with Crippen molar-refractivity contribution in [2.24, 2.45) is 0 Å². The molecule has 0 spiro atoms. The van der Waals surface area contributed by atoms with E-state index in [1.165, 1.54) is 17.7 Å². The highest BCUT2D eigenvalue weighted by molar-refractivity contribution is 7.17. The van der Waals surface area contributed by atoms with Crippen LogP contribution in [0.15, 0.2) is 55.2 Å². The number of rotatable bonds is 10. The summed E-state index contributed by atoms with van der Waals surface area (Å²) in [5.74, 6) is 1.44. The second-order valence-electron chi connectivity index (χ2n) is 6.24. The van der Waals surface area contributed by atoms with Gasteiger partial charge >= 0.3 is 0 Å². The Bertz CT molecular complexity index is 1050. The van der Waals surface area contributed by atoms with E-state index >= 15 is 0 Å². The van der Waals surface area contributed by atoms with Crippen LogP contribution in [0.4, 0.5) is 0 Å². The smallest absolute Gasteiger partial charge is 0.261 e. The summed E-state index contributed by atoms with van der Waals surface area (Å²) in [6.07, 6.45) is 4.76. The van der Waals surface area contributed by atoms with Crippen LogP contribution in [-0.2, 0) is 4.79 Å². The zero-order valence-electron chi connectivity index (χ0n) is 17.0. The number of nitrogens with zero attached hydrogens (tertiary/aromatic N) is 3. The Morgan fingerprint density at radius 2 is 1.87 bits per heavy atom. The van der Waals surface area contributed by atoms with E-state index in [-0.39, 0.29) is 12.5 Å². The minimum absolute atomic E-state index is 0.144. The number of ether oxygens (including phenoxy) is 3. The predicted molar refractivity (Wildman–Crippen MR) is 118 cm³/mol. The van der Waals surface area contributed by atoms with Crippen LogP contribution in [-0.4, -0.2) is 54.7 Å². The molecule has 3 rings (SSSR count). The van der Waals surface area contributed by atoms with Crippen LogP contribution < -0.4 is 14.2 Å². The highest BCUT2D eigenvalue weighted by atomic mass is 32.1. The molecule has 1 amide bonds. The fourth-order valence-corrected chi connectivity index (χ4v) is 3.89. The molecule has 1 aromatic carbocycles. The summed E-state index contributed by atoms with van der Waals surface area (Å²) in [6.45, 7) is 8.06. The van der Waals surface area contributed by atoms with Crippen molar-refractivity contribution in [2.75, 3.05) is 33.9 Å². The predicted octanol–water partition coefficient (Wildman–Crippen LogP) is 3.95. The molecular formula is C22H23N3O4S. The van der Waals surface area contributed by atoms with Gasteiger partial charge in [0.2, 0.25) is 5.88 Å². The number of thiophene rings is 1. The third-order valence-electron chi connectivity index (χ3n) is 4.41. The quantitative estimate of drug-likeness (QED) is 0.458. The van der Waals surface area contributed by atoms with Crippen LogP contribution in [0.1, 0.15) is 0 Å². The van der Waals surface area contributed by atoms with Gasteiger partial charge in [0.05, 0.1) is 19.6 Å². The highest BCUT2D eigenvalue weighted by Crippen LogP contribution is 2.40. The Kier molecular flexibility index (Phi) is 7.03. The van der Waals surface area contributed by atoms with Gasteiger partial charge < -0.3 is 19.1 Å². The first kappa shape index (κ1) is 21.3. The Labute approximate surface area is 179 Å². The number of hydrogen-bond donors (Lipinski definition) is 0. The largest absolute Gasteiger partial charge is 0.493 e. The molecule has 8 heteroatoms. The maximum Gasteiger partial charge on any atom is 0.261 e. The second-order valence-corrected chi connectivity index (χ2v) is 7.10. The van der Waals surface area contributed by atoms with E-state index in [4.69, 9.17) is 14.2 Å². The molecule has 0 aliphatic heterocycles. The van der Waals surface area contributed by atoms with E-state index in [9.17, 15) is 4.79 Å².